The Labute approximate surface area is 144 Å². The van der Waals surface area contributed by atoms with Crippen molar-refractivity contribution in [1.29, 1.82) is 0 Å². The van der Waals surface area contributed by atoms with Crippen molar-refractivity contribution < 1.29 is 4.74 Å². The van der Waals surface area contributed by atoms with Gasteiger partial charge < -0.3 is 10.1 Å². The first-order valence-electron chi connectivity index (χ1n) is 8.60. The van der Waals surface area contributed by atoms with E-state index in [0.29, 0.717) is 6.04 Å². The highest BCUT2D eigenvalue weighted by Gasteiger charge is 2.08. The lowest BCUT2D eigenvalue weighted by atomic mass is 9.99. The number of rotatable bonds is 6. The van der Waals surface area contributed by atoms with Crippen molar-refractivity contribution in [2.45, 2.75) is 39.5 Å². The molecule has 124 valence electrons. The fourth-order valence-electron chi connectivity index (χ4n) is 2.97. The van der Waals surface area contributed by atoms with Gasteiger partial charge in [0.25, 0.3) is 0 Å². The van der Waals surface area contributed by atoms with E-state index >= 15 is 0 Å². The van der Waals surface area contributed by atoms with Crippen molar-refractivity contribution in [3.05, 3.63) is 77.9 Å². The molecule has 2 nitrogen and oxygen atoms in total. The minimum absolute atomic E-state index is 0.209. The van der Waals surface area contributed by atoms with Crippen LogP contribution in [-0.2, 0) is 6.54 Å². The van der Waals surface area contributed by atoms with Crippen LogP contribution in [-0.4, -0.2) is 6.10 Å². The van der Waals surface area contributed by atoms with Crippen LogP contribution in [0.2, 0.25) is 0 Å². The molecule has 3 aromatic carbocycles. The molecule has 0 spiro atoms. The average Bonchev–Trinajstić information content (AvgIpc) is 2.60. The lowest BCUT2D eigenvalue weighted by Crippen LogP contribution is -2.18. The minimum atomic E-state index is 0.209. The molecular formula is C22H25NO. The predicted molar refractivity (Wildman–Crippen MR) is 101 cm³/mol. The SMILES string of the molecule is CC(C)Oc1ccc(CNC(C)c2cccc3ccccc23)cc1. The Bertz CT molecular complexity index is 787. The molecule has 0 fully saturated rings. The highest BCUT2D eigenvalue weighted by Crippen LogP contribution is 2.24. The van der Waals surface area contributed by atoms with Gasteiger partial charge in [-0.1, -0.05) is 54.6 Å². The van der Waals surface area contributed by atoms with Crippen LogP contribution in [0.1, 0.15) is 37.9 Å². The van der Waals surface area contributed by atoms with E-state index < -0.39 is 0 Å². The van der Waals surface area contributed by atoms with Crippen LogP contribution in [0.5, 0.6) is 5.75 Å². The average molecular weight is 319 g/mol. The van der Waals surface area contributed by atoms with Gasteiger partial charge in [-0.3, -0.25) is 0 Å². The first-order chi connectivity index (χ1) is 11.6. The fraction of sp³-hybridized carbons (Fsp3) is 0.273. The van der Waals surface area contributed by atoms with Gasteiger partial charge in [0.05, 0.1) is 6.10 Å². The van der Waals surface area contributed by atoms with E-state index in [1.165, 1.54) is 21.9 Å². The predicted octanol–water partition coefficient (Wildman–Crippen LogP) is 5.48. The van der Waals surface area contributed by atoms with E-state index in [1.54, 1.807) is 0 Å². The molecule has 0 aliphatic rings. The highest BCUT2D eigenvalue weighted by atomic mass is 16.5. The Balaban J connectivity index is 1.67. The van der Waals surface area contributed by atoms with Crippen LogP contribution in [0.4, 0.5) is 0 Å². The molecule has 0 aliphatic heterocycles. The largest absolute Gasteiger partial charge is 0.491 e. The zero-order valence-electron chi connectivity index (χ0n) is 14.6. The zero-order valence-corrected chi connectivity index (χ0v) is 14.6. The quantitative estimate of drug-likeness (QED) is 0.650. The lowest BCUT2D eigenvalue weighted by molar-refractivity contribution is 0.242. The van der Waals surface area contributed by atoms with Gasteiger partial charge in [0, 0.05) is 12.6 Å². The molecule has 0 saturated heterocycles. The van der Waals surface area contributed by atoms with Crippen LogP contribution in [0.15, 0.2) is 66.7 Å². The van der Waals surface area contributed by atoms with E-state index in [9.17, 15) is 0 Å². The molecule has 0 saturated carbocycles. The molecule has 3 aromatic rings. The summed E-state index contributed by atoms with van der Waals surface area (Å²) in [6, 6.07) is 23.7. The Hall–Kier alpha value is -2.32. The summed E-state index contributed by atoms with van der Waals surface area (Å²) in [5.41, 5.74) is 2.60. The third-order valence-electron chi connectivity index (χ3n) is 4.20. The van der Waals surface area contributed by atoms with E-state index in [1.807, 2.05) is 26.0 Å². The molecule has 1 unspecified atom stereocenters. The molecule has 0 radical (unpaired) electrons. The van der Waals surface area contributed by atoms with Crippen molar-refractivity contribution in [2.75, 3.05) is 0 Å². The summed E-state index contributed by atoms with van der Waals surface area (Å²) in [6.07, 6.45) is 0.209. The van der Waals surface area contributed by atoms with E-state index in [4.69, 9.17) is 4.74 Å². The van der Waals surface area contributed by atoms with Gasteiger partial charge >= 0.3 is 0 Å². The summed E-state index contributed by atoms with van der Waals surface area (Å²) >= 11 is 0. The summed E-state index contributed by atoms with van der Waals surface area (Å²) in [5, 5.41) is 6.24. The Morgan fingerprint density at radius 2 is 1.54 bits per heavy atom. The normalized spacial score (nSPS) is 12.5. The number of ether oxygens (including phenoxy) is 1. The number of hydrogen-bond donors (Lipinski definition) is 1. The molecule has 0 bridgehead atoms. The van der Waals surface area contributed by atoms with Crippen LogP contribution >= 0.6 is 0 Å². The first-order valence-corrected chi connectivity index (χ1v) is 8.60. The minimum Gasteiger partial charge on any atom is -0.491 e. The van der Waals surface area contributed by atoms with Crippen LogP contribution < -0.4 is 10.1 Å². The van der Waals surface area contributed by atoms with Crippen molar-refractivity contribution in [1.82, 2.24) is 5.32 Å². The van der Waals surface area contributed by atoms with Crippen LogP contribution in [0, 0.1) is 0 Å². The number of benzene rings is 3. The zero-order chi connectivity index (χ0) is 16.9. The first kappa shape index (κ1) is 16.5. The van der Waals surface area contributed by atoms with Crippen molar-refractivity contribution >= 4 is 10.8 Å². The van der Waals surface area contributed by atoms with Crippen molar-refractivity contribution in [3.8, 4) is 5.75 Å². The number of hydrogen-bond acceptors (Lipinski definition) is 2. The van der Waals surface area contributed by atoms with E-state index in [-0.39, 0.29) is 6.10 Å². The van der Waals surface area contributed by atoms with E-state index in [2.05, 4.69) is 66.8 Å². The maximum absolute atomic E-state index is 5.69. The second-order valence-electron chi connectivity index (χ2n) is 6.48. The smallest absolute Gasteiger partial charge is 0.119 e. The molecule has 2 heteroatoms. The van der Waals surface area contributed by atoms with Crippen LogP contribution in [0.25, 0.3) is 10.8 Å². The third kappa shape index (κ3) is 3.95. The number of fused-ring (bicyclic) bond motifs is 1. The van der Waals surface area contributed by atoms with Gasteiger partial charge in [-0.05, 0) is 54.8 Å². The van der Waals surface area contributed by atoms with Gasteiger partial charge in [-0.25, -0.2) is 0 Å². The molecule has 0 aromatic heterocycles. The molecule has 1 N–H and O–H groups in total. The van der Waals surface area contributed by atoms with Crippen LogP contribution in [0.3, 0.4) is 0 Å². The van der Waals surface area contributed by atoms with E-state index in [0.717, 1.165) is 12.3 Å². The summed E-state index contributed by atoms with van der Waals surface area (Å²) in [6.45, 7) is 7.15. The Kier molecular flexibility index (Phi) is 5.17. The maximum Gasteiger partial charge on any atom is 0.119 e. The monoisotopic (exact) mass is 319 g/mol. The molecule has 24 heavy (non-hydrogen) atoms. The van der Waals surface area contributed by atoms with Gasteiger partial charge in [-0.15, -0.1) is 0 Å². The molecule has 0 aliphatic carbocycles. The number of nitrogens with one attached hydrogen (secondary N) is 1. The van der Waals surface area contributed by atoms with Crippen molar-refractivity contribution in [3.63, 3.8) is 0 Å². The molecular weight excluding hydrogens is 294 g/mol. The Morgan fingerprint density at radius 1 is 0.833 bits per heavy atom. The topological polar surface area (TPSA) is 21.3 Å². The highest BCUT2D eigenvalue weighted by molar-refractivity contribution is 5.86. The molecule has 0 amide bonds. The summed E-state index contributed by atoms with van der Waals surface area (Å²) in [5.74, 6) is 0.927. The van der Waals surface area contributed by atoms with Gasteiger partial charge in [-0.2, -0.15) is 0 Å². The molecule has 0 heterocycles. The second kappa shape index (κ2) is 7.50. The third-order valence-corrected chi connectivity index (χ3v) is 4.20. The fourth-order valence-corrected chi connectivity index (χ4v) is 2.97. The summed E-state index contributed by atoms with van der Waals surface area (Å²) in [7, 11) is 0. The summed E-state index contributed by atoms with van der Waals surface area (Å²) < 4.78 is 5.69. The maximum atomic E-state index is 5.69. The summed E-state index contributed by atoms with van der Waals surface area (Å²) in [4.78, 5) is 0. The van der Waals surface area contributed by atoms with Gasteiger partial charge in [0.2, 0.25) is 0 Å². The van der Waals surface area contributed by atoms with Crippen molar-refractivity contribution in [2.24, 2.45) is 0 Å². The van der Waals surface area contributed by atoms with Gasteiger partial charge in [0.15, 0.2) is 0 Å². The molecule has 3 rings (SSSR count). The standard InChI is InChI=1S/C22H25NO/c1-16(2)24-20-13-11-18(12-14-20)15-23-17(3)21-10-6-8-19-7-4-5-9-22(19)21/h4-14,16-17,23H,15H2,1-3H3. The lowest BCUT2D eigenvalue weighted by Gasteiger charge is -2.17. The molecule has 1 atom stereocenters. The second-order valence-corrected chi connectivity index (χ2v) is 6.48. The Morgan fingerprint density at radius 3 is 2.29 bits per heavy atom. The van der Waals surface area contributed by atoms with Gasteiger partial charge in [0.1, 0.15) is 5.75 Å².